The zero-order valence-corrected chi connectivity index (χ0v) is 15.5. The van der Waals surface area contributed by atoms with E-state index in [2.05, 4.69) is 5.32 Å². The number of aryl methyl sites for hydroxylation is 2. The van der Waals surface area contributed by atoms with Crippen LogP contribution in [0.15, 0.2) is 35.7 Å². The van der Waals surface area contributed by atoms with Crippen molar-refractivity contribution < 1.29 is 19.1 Å². The highest BCUT2D eigenvalue weighted by molar-refractivity contribution is 7.10. The van der Waals surface area contributed by atoms with Gasteiger partial charge in [-0.25, -0.2) is 0 Å². The molecule has 0 saturated heterocycles. The quantitative estimate of drug-likeness (QED) is 0.730. The maximum atomic E-state index is 12.2. The largest absolute Gasteiger partial charge is 0.493 e. The molecule has 0 aliphatic rings. The highest BCUT2D eigenvalue weighted by atomic mass is 32.1. The maximum Gasteiger partial charge on any atom is 0.307 e. The zero-order chi connectivity index (χ0) is 18.2. The molecule has 5 nitrogen and oxygen atoms in total. The minimum atomic E-state index is -0.374. The van der Waals surface area contributed by atoms with Crippen molar-refractivity contribution in [2.45, 2.75) is 32.7 Å². The summed E-state index contributed by atoms with van der Waals surface area (Å²) in [6.45, 7) is 4.25. The number of amides is 1. The van der Waals surface area contributed by atoms with Crippen molar-refractivity contribution >= 4 is 23.2 Å². The monoisotopic (exact) mass is 361 g/mol. The van der Waals surface area contributed by atoms with Gasteiger partial charge in [0.05, 0.1) is 32.6 Å². The van der Waals surface area contributed by atoms with Gasteiger partial charge in [0.2, 0.25) is 5.91 Å². The topological polar surface area (TPSA) is 64.6 Å². The van der Waals surface area contributed by atoms with Crippen LogP contribution in [-0.2, 0) is 14.3 Å². The molecule has 0 spiro atoms. The third-order valence-corrected chi connectivity index (χ3v) is 4.74. The van der Waals surface area contributed by atoms with Crippen molar-refractivity contribution in [3.05, 3.63) is 51.7 Å². The molecule has 1 amide bonds. The molecule has 0 aliphatic heterocycles. The number of nitrogens with one attached hydrogen (secondary N) is 1. The van der Waals surface area contributed by atoms with Crippen LogP contribution < -0.4 is 10.1 Å². The molecule has 1 atom stereocenters. The molecule has 0 bridgehead atoms. The summed E-state index contributed by atoms with van der Waals surface area (Å²) in [5.41, 5.74) is 2.15. The van der Waals surface area contributed by atoms with Crippen LogP contribution >= 0.6 is 11.3 Å². The van der Waals surface area contributed by atoms with Crippen LogP contribution in [0, 0.1) is 13.8 Å². The average molecular weight is 361 g/mol. The molecule has 2 aromatic rings. The third kappa shape index (κ3) is 5.90. The predicted molar refractivity (Wildman–Crippen MR) is 97.9 cm³/mol. The number of esters is 1. The lowest BCUT2D eigenvalue weighted by molar-refractivity contribution is -0.141. The molecule has 0 aliphatic carbocycles. The number of ether oxygens (including phenoxy) is 2. The van der Waals surface area contributed by atoms with Gasteiger partial charge in [0.15, 0.2) is 0 Å². The van der Waals surface area contributed by atoms with E-state index < -0.39 is 0 Å². The van der Waals surface area contributed by atoms with Gasteiger partial charge in [0.25, 0.3) is 0 Å². The summed E-state index contributed by atoms with van der Waals surface area (Å²) in [6, 6.07) is 9.38. The van der Waals surface area contributed by atoms with Gasteiger partial charge in [-0.1, -0.05) is 18.2 Å². The lowest BCUT2D eigenvalue weighted by Crippen LogP contribution is -2.30. The number of methoxy groups -OCH3 is 1. The summed E-state index contributed by atoms with van der Waals surface area (Å²) in [7, 11) is 1.34. The van der Waals surface area contributed by atoms with Crippen molar-refractivity contribution in [2.24, 2.45) is 0 Å². The SMILES string of the molecule is COC(=O)CC(NC(=O)CCOc1cc(C)ccc1C)c1cccs1. The summed E-state index contributed by atoms with van der Waals surface area (Å²) in [5.74, 6) is 0.273. The Morgan fingerprint density at radius 3 is 2.72 bits per heavy atom. The van der Waals surface area contributed by atoms with Gasteiger partial charge in [-0.15, -0.1) is 11.3 Å². The molecule has 1 heterocycles. The summed E-state index contributed by atoms with van der Waals surface area (Å²) in [4.78, 5) is 24.7. The molecule has 2 rings (SSSR count). The molecule has 134 valence electrons. The Morgan fingerprint density at radius 1 is 1.24 bits per heavy atom. The van der Waals surface area contributed by atoms with E-state index in [1.165, 1.54) is 18.4 Å². The van der Waals surface area contributed by atoms with Crippen molar-refractivity contribution in [3.63, 3.8) is 0 Å². The average Bonchev–Trinajstić information content (AvgIpc) is 3.11. The van der Waals surface area contributed by atoms with Gasteiger partial charge in [-0.3, -0.25) is 9.59 Å². The van der Waals surface area contributed by atoms with E-state index in [0.717, 1.165) is 21.8 Å². The van der Waals surface area contributed by atoms with E-state index in [4.69, 9.17) is 9.47 Å². The second kappa shape index (κ2) is 9.22. The van der Waals surface area contributed by atoms with Crippen LogP contribution in [0.2, 0.25) is 0 Å². The highest BCUT2D eigenvalue weighted by Crippen LogP contribution is 2.23. The van der Waals surface area contributed by atoms with Crippen LogP contribution in [-0.4, -0.2) is 25.6 Å². The fraction of sp³-hybridized carbons (Fsp3) is 0.368. The van der Waals surface area contributed by atoms with Crippen LogP contribution in [0.25, 0.3) is 0 Å². The molecule has 1 aromatic heterocycles. The fourth-order valence-corrected chi connectivity index (χ4v) is 3.12. The summed E-state index contributed by atoms with van der Waals surface area (Å²) in [6.07, 6.45) is 0.330. The number of thiophene rings is 1. The standard InChI is InChI=1S/C19H23NO4S/c1-13-6-7-14(2)16(11-13)24-9-8-18(21)20-15(12-19(22)23-3)17-5-4-10-25-17/h4-7,10-11,15H,8-9,12H2,1-3H3,(H,20,21). The van der Waals surface area contributed by atoms with Crippen molar-refractivity contribution in [1.29, 1.82) is 0 Å². The van der Waals surface area contributed by atoms with Gasteiger partial charge in [0, 0.05) is 4.88 Å². The third-order valence-electron chi connectivity index (χ3n) is 3.75. The molecule has 1 unspecified atom stereocenters. The van der Waals surface area contributed by atoms with Crippen LogP contribution in [0.5, 0.6) is 5.75 Å². The Kier molecular flexibility index (Phi) is 7.01. The minimum absolute atomic E-state index is 0.112. The fourth-order valence-electron chi connectivity index (χ4n) is 2.35. The first-order valence-corrected chi connectivity index (χ1v) is 8.97. The molecule has 6 heteroatoms. The van der Waals surface area contributed by atoms with E-state index in [0.29, 0.717) is 0 Å². The van der Waals surface area contributed by atoms with Crippen molar-refractivity contribution in [2.75, 3.05) is 13.7 Å². The van der Waals surface area contributed by atoms with Crippen molar-refractivity contribution in [3.8, 4) is 5.75 Å². The van der Waals surface area contributed by atoms with Gasteiger partial charge in [-0.2, -0.15) is 0 Å². The van der Waals surface area contributed by atoms with Gasteiger partial charge in [-0.05, 0) is 42.5 Å². The van der Waals surface area contributed by atoms with Gasteiger partial charge in [0.1, 0.15) is 5.75 Å². The lowest BCUT2D eigenvalue weighted by Gasteiger charge is -2.17. The van der Waals surface area contributed by atoms with Crippen molar-refractivity contribution in [1.82, 2.24) is 5.32 Å². The van der Waals surface area contributed by atoms with E-state index in [1.807, 2.05) is 49.6 Å². The molecule has 0 radical (unpaired) electrons. The molecule has 0 fully saturated rings. The highest BCUT2D eigenvalue weighted by Gasteiger charge is 2.19. The normalized spacial score (nSPS) is 11.6. The minimum Gasteiger partial charge on any atom is -0.493 e. The first-order chi connectivity index (χ1) is 12.0. The van der Waals surface area contributed by atoms with E-state index in [-0.39, 0.29) is 37.4 Å². The molecule has 0 saturated carbocycles. The Hall–Kier alpha value is -2.34. The molecular weight excluding hydrogens is 338 g/mol. The molecular formula is C19H23NO4S. The summed E-state index contributed by atoms with van der Waals surface area (Å²) < 4.78 is 10.4. The zero-order valence-electron chi connectivity index (χ0n) is 14.7. The number of rotatable bonds is 8. The maximum absolute atomic E-state index is 12.2. The smallest absolute Gasteiger partial charge is 0.307 e. The second-order valence-electron chi connectivity index (χ2n) is 5.78. The lowest BCUT2D eigenvalue weighted by atomic mass is 10.1. The number of hydrogen-bond donors (Lipinski definition) is 1. The first kappa shape index (κ1) is 19.0. The Morgan fingerprint density at radius 2 is 2.04 bits per heavy atom. The summed E-state index contributed by atoms with van der Waals surface area (Å²) in [5, 5.41) is 4.80. The van der Waals surface area contributed by atoms with E-state index >= 15 is 0 Å². The van der Waals surface area contributed by atoms with Gasteiger partial charge < -0.3 is 14.8 Å². The predicted octanol–water partition coefficient (Wildman–Crippen LogP) is 3.55. The van der Waals surface area contributed by atoms with Crippen LogP contribution in [0.4, 0.5) is 0 Å². The molecule has 1 aromatic carbocycles. The van der Waals surface area contributed by atoms with Crippen LogP contribution in [0.3, 0.4) is 0 Å². The number of carbonyl (C=O) groups excluding carboxylic acids is 2. The summed E-state index contributed by atoms with van der Waals surface area (Å²) >= 11 is 1.50. The first-order valence-electron chi connectivity index (χ1n) is 8.09. The number of benzene rings is 1. The Balaban J connectivity index is 1.88. The van der Waals surface area contributed by atoms with Crippen LogP contribution in [0.1, 0.15) is 34.9 Å². The molecule has 1 N–H and O–H groups in total. The molecule has 25 heavy (non-hydrogen) atoms. The van der Waals surface area contributed by atoms with E-state index in [1.54, 1.807) is 0 Å². The van der Waals surface area contributed by atoms with E-state index in [9.17, 15) is 9.59 Å². The number of carbonyl (C=O) groups is 2. The Labute approximate surface area is 152 Å². The number of hydrogen-bond acceptors (Lipinski definition) is 5. The Bertz CT molecular complexity index is 712. The second-order valence-corrected chi connectivity index (χ2v) is 6.76. The van der Waals surface area contributed by atoms with Gasteiger partial charge >= 0.3 is 5.97 Å².